The summed E-state index contributed by atoms with van der Waals surface area (Å²) in [6.45, 7) is 2.23. The lowest BCUT2D eigenvalue weighted by Crippen LogP contribution is -2.29. The van der Waals surface area contributed by atoms with E-state index < -0.39 is 6.10 Å². The molecule has 1 aromatic carbocycles. The quantitative estimate of drug-likeness (QED) is 0.776. The minimum absolute atomic E-state index is 0.0239. The fourth-order valence-electron chi connectivity index (χ4n) is 1.58. The fourth-order valence-corrected chi connectivity index (χ4v) is 1.58. The summed E-state index contributed by atoms with van der Waals surface area (Å²) in [7, 11) is 0. The van der Waals surface area contributed by atoms with Crippen LogP contribution in [0.4, 0.5) is 0 Å². The predicted molar refractivity (Wildman–Crippen MR) is 57.7 cm³/mol. The molecule has 0 bridgehead atoms. The summed E-state index contributed by atoms with van der Waals surface area (Å²) >= 11 is 0. The van der Waals surface area contributed by atoms with Crippen molar-refractivity contribution in [3.05, 3.63) is 29.8 Å². The highest BCUT2D eigenvalue weighted by Crippen LogP contribution is 2.18. The van der Waals surface area contributed by atoms with Crippen LogP contribution in [0.5, 0.6) is 5.75 Å². The predicted octanol–water partition coefficient (Wildman–Crippen LogP) is 1.03. The molecule has 1 aliphatic heterocycles. The van der Waals surface area contributed by atoms with Gasteiger partial charge >= 0.3 is 0 Å². The lowest BCUT2D eigenvalue weighted by molar-refractivity contribution is 0.0733. The Kier molecular flexibility index (Phi) is 3.22. The van der Waals surface area contributed by atoms with Crippen LogP contribution in [0.25, 0.3) is 0 Å². The normalized spacial score (nSPS) is 24.4. The van der Waals surface area contributed by atoms with Crippen LogP contribution in [-0.4, -0.2) is 36.3 Å². The Bertz CT molecular complexity index is 371. The Morgan fingerprint density at radius 1 is 1.38 bits per heavy atom. The number of aliphatic hydroxyl groups is 1. The van der Waals surface area contributed by atoms with Gasteiger partial charge in [-0.05, 0) is 31.2 Å². The minimum Gasteiger partial charge on any atom is -0.485 e. The van der Waals surface area contributed by atoms with Crippen molar-refractivity contribution < 1.29 is 19.4 Å². The van der Waals surface area contributed by atoms with Gasteiger partial charge in [0.2, 0.25) is 0 Å². The zero-order valence-corrected chi connectivity index (χ0v) is 9.05. The average molecular weight is 222 g/mol. The molecule has 1 saturated heterocycles. The van der Waals surface area contributed by atoms with E-state index in [1.54, 1.807) is 24.3 Å². The van der Waals surface area contributed by atoms with Crippen LogP contribution in [0.1, 0.15) is 17.3 Å². The highest BCUT2D eigenvalue weighted by atomic mass is 16.6. The van der Waals surface area contributed by atoms with Crippen LogP contribution in [0.3, 0.4) is 0 Å². The van der Waals surface area contributed by atoms with Crippen LogP contribution in [-0.2, 0) is 4.74 Å². The molecule has 1 fully saturated rings. The maximum absolute atomic E-state index is 11.1. The monoisotopic (exact) mass is 222 g/mol. The molecule has 4 nitrogen and oxygen atoms in total. The lowest BCUT2D eigenvalue weighted by Gasteiger charge is -2.15. The number of aliphatic hydroxyl groups excluding tert-OH is 1. The van der Waals surface area contributed by atoms with Gasteiger partial charge in [0.05, 0.1) is 13.2 Å². The van der Waals surface area contributed by atoms with Gasteiger partial charge in [0.25, 0.3) is 0 Å². The molecule has 0 amide bonds. The second kappa shape index (κ2) is 4.63. The Morgan fingerprint density at radius 3 is 2.56 bits per heavy atom. The number of Topliss-reactive ketones (excluding diaryl/α,β-unsaturated/α-hetero) is 1. The summed E-state index contributed by atoms with van der Waals surface area (Å²) in [5.74, 6) is 0.662. The number of ether oxygens (including phenoxy) is 2. The molecule has 2 rings (SSSR count). The third-order valence-corrected chi connectivity index (χ3v) is 2.55. The van der Waals surface area contributed by atoms with Crippen molar-refractivity contribution in [2.45, 2.75) is 19.1 Å². The van der Waals surface area contributed by atoms with Gasteiger partial charge in [-0.15, -0.1) is 0 Å². The topological polar surface area (TPSA) is 55.8 Å². The number of carbonyl (C=O) groups excluding carboxylic acids is 1. The number of ketones is 1. The molecule has 1 aliphatic rings. The van der Waals surface area contributed by atoms with Crippen LogP contribution in [0.2, 0.25) is 0 Å². The largest absolute Gasteiger partial charge is 0.485 e. The fraction of sp³-hybridized carbons (Fsp3) is 0.417. The standard InChI is InChI=1S/C12H14O4/c1-8(13)9-2-4-10(5-3-9)16-12-7-15-6-11(12)14/h2-5,11-12,14H,6-7H2,1H3/t11-,12-/m0/s1. The zero-order chi connectivity index (χ0) is 11.5. The highest BCUT2D eigenvalue weighted by molar-refractivity contribution is 5.94. The molecule has 0 spiro atoms. The molecular formula is C12H14O4. The molecule has 2 atom stereocenters. The molecule has 4 heteroatoms. The van der Waals surface area contributed by atoms with Gasteiger partial charge in [0, 0.05) is 5.56 Å². The van der Waals surface area contributed by atoms with Crippen LogP contribution in [0, 0.1) is 0 Å². The Hall–Kier alpha value is -1.39. The minimum atomic E-state index is -0.576. The van der Waals surface area contributed by atoms with E-state index >= 15 is 0 Å². The number of hydrogen-bond donors (Lipinski definition) is 1. The highest BCUT2D eigenvalue weighted by Gasteiger charge is 2.27. The van der Waals surface area contributed by atoms with Crippen molar-refractivity contribution >= 4 is 5.78 Å². The van der Waals surface area contributed by atoms with Crippen molar-refractivity contribution in [3.63, 3.8) is 0 Å². The summed E-state index contributed by atoms with van der Waals surface area (Å²) in [6.07, 6.45) is -0.893. The molecule has 0 aliphatic carbocycles. The van der Waals surface area contributed by atoms with E-state index in [0.29, 0.717) is 24.5 Å². The number of carbonyl (C=O) groups is 1. The molecule has 1 heterocycles. The van der Waals surface area contributed by atoms with Gasteiger partial charge in [-0.25, -0.2) is 0 Å². The molecule has 0 unspecified atom stereocenters. The second-order valence-electron chi connectivity index (χ2n) is 3.84. The lowest BCUT2D eigenvalue weighted by atomic mass is 10.1. The summed E-state index contributed by atoms with van der Waals surface area (Å²) in [4.78, 5) is 11.1. The van der Waals surface area contributed by atoms with Crippen molar-refractivity contribution in [1.29, 1.82) is 0 Å². The smallest absolute Gasteiger partial charge is 0.159 e. The summed E-state index contributed by atoms with van der Waals surface area (Å²) in [6, 6.07) is 6.86. The Morgan fingerprint density at radius 2 is 2.06 bits per heavy atom. The Balaban J connectivity index is 2.02. The van der Waals surface area contributed by atoms with E-state index in [1.807, 2.05) is 0 Å². The van der Waals surface area contributed by atoms with Crippen molar-refractivity contribution in [2.75, 3.05) is 13.2 Å². The molecule has 0 radical (unpaired) electrons. The van der Waals surface area contributed by atoms with Gasteiger partial charge in [-0.2, -0.15) is 0 Å². The van der Waals surface area contributed by atoms with Gasteiger partial charge in [-0.1, -0.05) is 0 Å². The molecule has 1 N–H and O–H groups in total. The molecular weight excluding hydrogens is 208 g/mol. The molecule has 0 aromatic heterocycles. The maximum atomic E-state index is 11.1. The van der Waals surface area contributed by atoms with E-state index in [4.69, 9.17) is 9.47 Å². The first-order valence-corrected chi connectivity index (χ1v) is 5.20. The number of rotatable bonds is 3. The van der Waals surface area contributed by atoms with Gasteiger partial charge in [-0.3, -0.25) is 4.79 Å². The van der Waals surface area contributed by atoms with Crippen LogP contribution < -0.4 is 4.74 Å². The Labute approximate surface area is 93.8 Å². The van der Waals surface area contributed by atoms with Crippen molar-refractivity contribution in [1.82, 2.24) is 0 Å². The molecule has 1 aromatic rings. The van der Waals surface area contributed by atoms with E-state index in [2.05, 4.69) is 0 Å². The summed E-state index contributed by atoms with van der Waals surface area (Å²) < 4.78 is 10.6. The SMILES string of the molecule is CC(=O)c1ccc(O[C@H]2COC[C@@H]2O)cc1. The van der Waals surface area contributed by atoms with E-state index in [1.165, 1.54) is 6.92 Å². The van der Waals surface area contributed by atoms with E-state index in [0.717, 1.165) is 0 Å². The van der Waals surface area contributed by atoms with Crippen LogP contribution >= 0.6 is 0 Å². The third kappa shape index (κ3) is 2.40. The first kappa shape index (κ1) is 11.1. The maximum Gasteiger partial charge on any atom is 0.159 e. The molecule has 16 heavy (non-hydrogen) atoms. The number of hydrogen-bond acceptors (Lipinski definition) is 4. The van der Waals surface area contributed by atoms with Crippen LogP contribution in [0.15, 0.2) is 24.3 Å². The first-order chi connectivity index (χ1) is 7.66. The zero-order valence-electron chi connectivity index (χ0n) is 9.05. The molecule has 0 saturated carbocycles. The van der Waals surface area contributed by atoms with Gasteiger partial charge < -0.3 is 14.6 Å². The number of benzene rings is 1. The van der Waals surface area contributed by atoms with Crippen molar-refractivity contribution in [2.24, 2.45) is 0 Å². The second-order valence-corrected chi connectivity index (χ2v) is 3.84. The van der Waals surface area contributed by atoms with E-state index in [-0.39, 0.29) is 11.9 Å². The molecule has 86 valence electrons. The summed E-state index contributed by atoms with van der Waals surface area (Å²) in [5.41, 5.74) is 0.649. The van der Waals surface area contributed by atoms with Gasteiger partial charge in [0.1, 0.15) is 18.0 Å². The summed E-state index contributed by atoms with van der Waals surface area (Å²) in [5, 5.41) is 9.49. The van der Waals surface area contributed by atoms with E-state index in [9.17, 15) is 9.90 Å². The van der Waals surface area contributed by atoms with Crippen molar-refractivity contribution in [3.8, 4) is 5.75 Å². The average Bonchev–Trinajstić information content (AvgIpc) is 2.65. The van der Waals surface area contributed by atoms with Gasteiger partial charge in [0.15, 0.2) is 5.78 Å². The first-order valence-electron chi connectivity index (χ1n) is 5.20. The third-order valence-electron chi connectivity index (χ3n) is 2.55.